The first-order valence-corrected chi connectivity index (χ1v) is 4.31. The van der Waals surface area contributed by atoms with E-state index in [4.69, 9.17) is 11.5 Å². The highest BCUT2D eigenvalue weighted by molar-refractivity contribution is 5.93. The smallest absolute Gasteiger partial charge is 0.407 e. The van der Waals surface area contributed by atoms with E-state index in [1.807, 2.05) is 5.92 Å². The minimum atomic E-state index is -0.953. The molecule has 1 aliphatic heterocycles. The van der Waals surface area contributed by atoms with Gasteiger partial charge in [-0.05, 0) is 12.8 Å². The van der Waals surface area contributed by atoms with Crippen LogP contribution in [0.2, 0.25) is 0 Å². The molecule has 0 aromatic heterocycles. The Morgan fingerprint density at radius 3 is 2.57 bits per heavy atom. The molecule has 0 aliphatic carbocycles. The lowest BCUT2D eigenvalue weighted by molar-refractivity contribution is -0.127. The number of rotatable bonds is 0. The summed E-state index contributed by atoms with van der Waals surface area (Å²) >= 11 is 0. The average Bonchev–Trinajstić information content (AvgIpc) is 2.15. The van der Waals surface area contributed by atoms with Crippen molar-refractivity contribution in [3.05, 3.63) is 0 Å². The Kier molecular flexibility index (Phi) is 2.97. The number of hydrogen-bond donors (Lipinski definition) is 1. The Labute approximate surface area is 82.3 Å². The Balaban J connectivity index is 2.60. The summed E-state index contributed by atoms with van der Waals surface area (Å²) in [6.45, 7) is 2.82. The molecule has 1 aliphatic rings. The normalized spacial score (nSPS) is 21.6. The molecule has 1 fully saturated rings. The summed E-state index contributed by atoms with van der Waals surface area (Å²) in [7, 11) is 0. The fraction of sp³-hybridized carbons (Fsp3) is 0.556. The molecule has 5 heteroatoms. The van der Waals surface area contributed by atoms with E-state index < -0.39 is 6.09 Å². The zero-order valence-corrected chi connectivity index (χ0v) is 7.93. The molecule has 0 aromatic rings. The average molecular weight is 196 g/mol. The molecule has 1 rings (SSSR count). The summed E-state index contributed by atoms with van der Waals surface area (Å²) in [5.74, 6) is 1.65. The molecule has 1 heterocycles. The lowest BCUT2D eigenvalue weighted by Crippen LogP contribution is -2.54. The third-order valence-corrected chi connectivity index (χ3v) is 2.28. The highest BCUT2D eigenvalue weighted by atomic mass is 16.4. The Bertz CT molecular complexity index is 295. The van der Waals surface area contributed by atoms with Crippen LogP contribution in [0.5, 0.6) is 0 Å². The van der Waals surface area contributed by atoms with E-state index in [1.54, 1.807) is 6.92 Å². The molecule has 0 aromatic carbocycles. The van der Waals surface area contributed by atoms with Crippen LogP contribution in [-0.2, 0) is 4.79 Å². The standard InChI is InChI=1S/C9H12N2O3/c1-3-8(12)10-4-5-11(9(13)14)7(2)6-10/h1,7H,4-6H2,2H3,(H,13,14)/t7-/m1/s1. The fourth-order valence-electron chi connectivity index (χ4n) is 1.52. The predicted molar refractivity (Wildman–Crippen MR) is 49.6 cm³/mol. The van der Waals surface area contributed by atoms with Gasteiger partial charge in [0, 0.05) is 25.7 Å². The van der Waals surface area contributed by atoms with Crippen molar-refractivity contribution in [2.45, 2.75) is 13.0 Å². The molecule has 2 amide bonds. The van der Waals surface area contributed by atoms with Gasteiger partial charge in [-0.1, -0.05) is 0 Å². The molecular weight excluding hydrogens is 184 g/mol. The molecule has 1 saturated heterocycles. The van der Waals surface area contributed by atoms with E-state index in [9.17, 15) is 9.59 Å². The monoisotopic (exact) mass is 196 g/mol. The highest BCUT2D eigenvalue weighted by Crippen LogP contribution is 2.09. The van der Waals surface area contributed by atoms with Gasteiger partial charge in [0.1, 0.15) is 0 Å². The van der Waals surface area contributed by atoms with Crippen molar-refractivity contribution in [1.29, 1.82) is 0 Å². The molecule has 14 heavy (non-hydrogen) atoms. The number of piperazine rings is 1. The van der Waals surface area contributed by atoms with Crippen LogP contribution in [0.3, 0.4) is 0 Å². The molecule has 1 N–H and O–H groups in total. The van der Waals surface area contributed by atoms with Crippen molar-refractivity contribution >= 4 is 12.0 Å². The largest absolute Gasteiger partial charge is 0.465 e. The molecule has 76 valence electrons. The maximum atomic E-state index is 11.1. The first-order valence-electron chi connectivity index (χ1n) is 4.31. The molecule has 5 nitrogen and oxygen atoms in total. The lowest BCUT2D eigenvalue weighted by Gasteiger charge is -2.37. The van der Waals surface area contributed by atoms with Gasteiger partial charge in [-0.25, -0.2) is 4.79 Å². The number of carboxylic acid groups (broad SMARTS) is 1. The van der Waals surface area contributed by atoms with Crippen molar-refractivity contribution < 1.29 is 14.7 Å². The van der Waals surface area contributed by atoms with Crippen LogP contribution in [0.15, 0.2) is 0 Å². The Morgan fingerprint density at radius 1 is 1.50 bits per heavy atom. The number of terminal acetylenes is 1. The summed E-state index contributed by atoms with van der Waals surface area (Å²) in [6, 6.07) is -0.196. The first-order chi connectivity index (χ1) is 6.56. The third-order valence-electron chi connectivity index (χ3n) is 2.28. The van der Waals surface area contributed by atoms with Crippen molar-refractivity contribution in [2.75, 3.05) is 19.6 Å². The van der Waals surface area contributed by atoms with Crippen LogP contribution >= 0.6 is 0 Å². The van der Waals surface area contributed by atoms with Gasteiger partial charge in [0.25, 0.3) is 5.91 Å². The number of amides is 2. The van der Waals surface area contributed by atoms with E-state index >= 15 is 0 Å². The van der Waals surface area contributed by atoms with Gasteiger partial charge in [0.05, 0.1) is 0 Å². The zero-order valence-electron chi connectivity index (χ0n) is 7.93. The lowest BCUT2D eigenvalue weighted by atomic mass is 10.2. The summed E-state index contributed by atoms with van der Waals surface area (Å²) in [5, 5.41) is 8.77. The van der Waals surface area contributed by atoms with Crippen LogP contribution in [-0.4, -0.2) is 52.6 Å². The van der Waals surface area contributed by atoms with E-state index in [-0.39, 0.29) is 11.9 Å². The third kappa shape index (κ3) is 1.96. The number of carbonyl (C=O) groups is 2. The zero-order chi connectivity index (χ0) is 10.7. The maximum Gasteiger partial charge on any atom is 0.407 e. The maximum absolute atomic E-state index is 11.1. The van der Waals surface area contributed by atoms with Crippen LogP contribution in [0.4, 0.5) is 4.79 Å². The van der Waals surface area contributed by atoms with Gasteiger partial charge in [0.15, 0.2) is 0 Å². The van der Waals surface area contributed by atoms with Gasteiger partial charge in [-0.2, -0.15) is 0 Å². The minimum Gasteiger partial charge on any atom is -0.465 e. The summed E-state index contributed by atoms with van der Waals surface area (Å²) in [6.07, 6.45) is 4.02. The SMILES string of the molecule is C#CC(=O)N1CCN(C(=O)O)[C@H](C)C1. The highest BCUT2D eigenvalue weighted by Gasteiger charge is 2.28. The van der Waals surface area contributed by atoms with Crippen LogP contribution in [0.1, 0.15) is 6.92 Å². The minimum absolute atomic E-state index is 0.196. The molecule has 0 spiro atoms. The van der Waals surface area contributed by atoms with Crippen molar-refractivity contribution in [1.82, 2.24) is 9.80 Å². The quantitative estimate of drug-likeness (QED) is 0.547. The number of carbonyl (C=O) groups excluding carboxylic acids is 1. The molecule has 0 bridgehead atoms. The van der Waals surface area contributed by atoms with Gasteiger partial charge >= 0.3 is 6.09 Å². The fourth-order valence-corrected chi connectivity index (χ4v) is 1.52. The van der Waals surface area contributed by atoms with E-state index in [2.05, 4.69) is 0 Å². The molecule has 1 atom stereocenters. The Hall–Kier alpha value is -1.70. The first kappa shape index (κ1) is 10.4. The van der Waals surface area contributed by atoms with Crippen molar-refractivity contribution in [3.63, 3.8) is 0 Å². The summed E-state index contributed by atoms with van der Waals surface area (Å²) in [4.78, 5) is 24.6. The van der Waals surface area contributed by atoms with E-state index in [0.29, 0.717) is 19.6 Å². The van der Waals surface area contributed by atoms with Crippen LogP contribution < -0.4 is 0 Å². The number of hydrogen-bond acceptors (Lipinski definition) is 2. The second-order valence-corrected chi connectivity index (χ2v) is 3.22. The topological polar surface area (TPSA) is 60.9 Å². The molecule has 0 unspecified atom stereocenters. The van der Waals surface area contributed by atoms with Gasteiger partial charge < -0.3 is 14.9 Å². The van der Waals surface area contributed by atoms with Crippen LogP contribution in [0.25, 0.3) is 0 Å². The summed E-state index contributed by atoms with van der Waals surface area (Å²) < 4.78 is 0. The van der Waals surface area contributed by atoms with Crippen molar-refractivity contribution in [2.24, 2.45) is 0 Å². The van der Waals surface area contributed by atoms with Crippen molar-refractivity contribution in [3.8, 4) is 12.3 Å². The molecule has 0 saturated carbocycles. The summed E-state index contributed by atoms with van der Waals surface area (Å²) in [5.41, 5.74) is 0. The molecule has 0 radical (unpaired) electrons. The second kappa shape index (κ2) is 4.01. The predicted octanol–water partition coefficient (Wildman–Crippen LogP) is -0.170. The Morgan fingerprint density at radius 2 is 2.14 bits per heavy atom. The van der Waals surface area contributed by atoms with Gasteiger partial charge in [-0.15, -0.1) is 6.42 Å². The van der Waals surface area contributed by atoms with E-state index in [1.165, 1.54) is 9.80 Å². The van der Waals surface area contributed by atoms with Crippen LogP contribution in [0, 0.1) is 12.3 Å². The van der Waals surface area contributed by atoms with Gasteiger partial charge in [-0.3, -0.25) is 4.79 Å². The van der Waals surface area contributed by atoms with E-state index in [0.717, 1.165) is 0 Å². The molecular formula is C9H12N2O3. The number of nitrogens with zero attached hydrogens (tertiary/aromatic N) is 2. The van der Waals surface area contributed by atoms with Gasteiger partial charge in [0.2, 0.25) is 0 Å². The second-order valence-electron chi connectivity index (χ2n) is 3.22.